The molecule has 0 aliphatic carbocycles. The van der Waals surface area contributed by atoms with Gasteiger partial charge in [-0.05, 0) is 25.3 Å². The van der Waals surface area contributed by atoms with E-state index < -0.39 is 5.91 Å². The Labute approximate surface area is 128 Å². The monoisotopic (exact) mass is 301 g/mol. The number of carbonyl (C=O) groups excluding carboxylic acids is 1. The number of carbonyl (C=O) groups is 1. The quantitative estimate of drug-likeness (QED) is 0.889. The molecule has 1 aromatic carbocycles. The van der Waals surface area contributed by atoms with Crippen LogP contribution in [0.15, 0.2) is 51.9 Å². The van der Waals surface area contributed by atoms with Crippen molar-refractivity contribution in [1.82, 2.24) is 5.32 Å². The highest BCUT2D eigenvalue weighted by atomic mass is 16.5. The maximum Gasteiger partial charge on any atom is 0.287 e. The standard InChI is InChI=1S/C17H19NO4/c1-12(8-9-13-6-4-3-5-7-13)18-17(20)15-10-14(19)16(21-2)11-22-15/h3-7,10-12H,8-9H2,1-2H3,(H,18,20). The van der Waals surface area contributed by atoms with E-state index in [0.29, 0.717) is 0 Å². The lowest BCUT2D eigenvalue weighted by molar-refractivity contribution is 0.0907. The fourth-order valence-corrected chi connectivity index (χ4v) is 2.06. The largest absolute Gasteiger partial charge is 0.490 e. The Morgan fingerprint density at radius 3 is 2.68 bits per heavy atom. The zero-order chi connectivity index (χ0) is 15.9. The van der Waals surface area contributed by atoms with Gasteiger partial charge in [-0.3, -0.25) is 9.59 Å². The molecule has 1 amide bonds. The van der Waals surface area contributed by atoms with Crippen molar-refractivity contribution < 1.29 is 13.9 Å². The summed E-state index contributed by atoms with van der Waals surface area (Å²) in [6.07, 6.45) is 2.82. The van der Waals surface area contributed by atoms with Gasteiger partial charge in [0.2, 0.25) is 11.2 Å². The van der Waals surface area contributed by atoms with Gasteiger partial charge in [-0.2, -0.15) is 0 Å². The van der Waals surface area contributed by atoms with E-state index in [1.54, 1.807) is 0 Å². The van der Waals surface area contributed by atoms with Crippen LogP contribution in [-0.2, 0) is 6.42 Å². The number of nitrogens with one attached hydrogen (secondary N) is 1. The molecule has 0 saturated carbocycles. The molecule has 1 unspecified atom stereocenters. The minimum atomic E-state index is -0.402. The number of hydrogen-bond donors (Lipinski definition) is 1. The molecule has 1 aromatic heterocycles. The van der Waals surface area contributed by atoms with E-state index >= 15 is 0 Å². The van der Waals surface area contributed by atoms with Crippen molar-refractivity contribution in [2.45, 2.75) is 25.8 Å². The normalized spacial score (nSPS) is 11.7. The topological polar surface area (TPSA) is 68.5 Å². The second-order valence-electron chi connectivity index (χ2n) is 5.08. The average molecular weight is 301 g/mol. The SMILES string of the molecule is COc1coc(C(=O)NC(C)CCc2ccccc2)cc1=O. The zero-order valence-electron chi connectivity index (χ0n) is 12.7. The van der Waals surface area contributed by atoms with Gasteiger partial charge < -0.3 is 14.5 Å². The molecule has 0 aliphatic rings. The molecule has 0 aliphatic heterocycles. The van der Waals surface area contributed by atoms with Crippen LogP contribution in [0.3, 0.4) is 0 Å². The molecule has 1 N–H and O–H groups in total. The van der Waals surface area contributed by atoms with Crippen LogP contribution < -0.4 is 15.5 Å². The van der Waals surface area contributed by atoms with E-state index in [-0.39, 0.29) is 23.0 Å². The number of amides is 1. The minimum absolute atomic E-state index is 0.0163. The molecule has 0 fully saturated rings. The Morgan fingerprint density at radius 1 is 1.32 bits per heavy atom. The van der Waals surface area contributed by atoms with E-state index in [1.165, 1.54) is 12.7 Å². The first kappa shape index (κ1) is 15.8. The third-order valence-electron chi connectivity index (χ3n) is 3.33. The third kappa shape index (κ3) is 4.22. The first-order chi connectivity index (χ1) is 10.6. The van der Waals surface area contributed by atoms with E-state index in [0.717, 1.165) is 25.2 Å². The Hall–Kier alpha value is -2.56. The Bertz CT molecular complexity index is 679. The van der Waals surface area contributed by atoms with Gasteiger partial charge >= 0.3 is 0 Å². The molecule has 0 spiro atoms. The van der Waals surface area contributed by atoms with E-state index in [4.69, 9.17) is 9.15 Å². The average Bonchev–Trinajstić information content (AvgIpc) is 2.53. The van der Waals surface area contributed by atoms with Crippen LogP contribution in [0.1, 0.15) is 29.5 Å². The fourth-order valence-electron chi connectivity index (χ4n) is 2.06. The number of hydrogen-bond acceptors (Lipinski definition) is 4. The van der Waals surface area contributed by atoms with Gasteiger partial charge in [0.1, 0.15) is 6.26 Å². The van der Waals surface area contributed by atoms with Crippen LogP contribution >= 0.6 is 0 Å². The van der Waals surface area contributed by atoms with Gasteiger partial charge in [0, 0.05) is 12.1 Å². The van der Waals surface area contributed by atoms with Crippen LogP contribution in [0.2, 0.25) is 0 Å². The number of benzene rings is 1. The van der Waals surface area contributed by atoms with Crippen molar-refractivity contribution in [2.75, 3.05) is 7.11 Å². The lowest BCUT2D eigenvalue weighted by Crippen LogP contribution is -2.33. The Kier molecular flexibility index (Phi) is 5.36. The summed E-state index contributed by atoms with van der Waals surface area (Å²) in [5.74, 6) is -0.341. The predicted molar refractivity (Wildman–Crippen MR) is 83.2 cm³/mol. The second-order valence-corrected chi connectivity index (χ2v) is 5.08. The number of rotatable bonds is 6. The zero-order valence-corrected chi connectivity index (χ0v) is 12.7. The highest BCUT2D eigenvalue weighted by Crippen LogP contribution is 2.07. The summed E-state index contributed by atoms with van der Waals surface area (Å²) in [6, 6.07) is 11.2. The summed E-state index contributed by atoms with van der Waals surface area (Å²) < 4.78 is 9.93. The Morgan fingerprint density at radius 2 is 2.05 bits per heavy atom. The van der Waals surface area contributed by atoms with Gasteiger partial charge in [-0.15, -0.1) is 0 Å². The summed E-state index contributed by atoms with van der Waals surface area (Å²) in [7, 11) is 1.37. The lowest BCUT2D eigenvalue weighted by atomic mass is 10.1. The summed E-state index contributed by atoms with van der Waals surface area (Å²) >= 11 is 0. The number of ether oxygens (including phenoxy) is 1. The molecule has 1 atom stereocenters. The molecule has 0 radical (unpaired) electrons. The third-order valence-corrected chi connectivity index (χ3v) is 3.33. The summed E-state index contributed by atoms with van der Waals surface area (Å²) in [5, 5.41) is 2.82. The van der Waals surface area contributed by atoms with Crippen molar-refractivity contribution >= 4 is 5.91 Å². The fraction of sp³-hybridized carbons (Fsp3) is 0.294. The molecule has 22 heavy (non-hydrogen) atoms. The molecule has 116 valence electrons. The van der Waals surface area contributed by atoms with Crippen LogP contribution in [0.25, 0.3) is 0 Å². The smallest absolute Gasteiger partial charge is 0.287 e. The maximum absolute atomic E-state index is 12.0. The molecular weight excluding hydrogens is 282 g/mol. The Balaban J connectivity index is 1.91. The second kappa shape index (κ2) is 7.45. The molecule has 0 bridgehead atoms. The van der Waals surface area contributed by atoms with Crippen LogP contribution in [0, 0.1) is 0 Å². The van der Waals surface area contributed by atoms with Gasteiger partial charge in [0.05, 0.1) is 7.11 Å². The van der Waals surface area contributed by atoms with Crippen molar-refractivity contribution in [2.24, 2.45) is 0 Å². The predicted octanol–water partition coefficient (Wildman–Crippen LogP) is 2.40. The summed E-state index contributed by atoms with van der Waals surface area (Å²) in [6.45, 7) is 1.92. The first-order valence-corrected chi connectivity index (χ1v) is 7.11. The van der Waals surface area contributed by atoms with Crippen molar-refractivity contribution in [3.8, 4) is 5.75 Å². The lowest BCUT2D eigenvalue weighted by Gasteiger charge is -2.13. The highest BCUT2D eigenvalue weighted by molar-refractivity contribution is 5.91. The molecule has 5 nitrogen and oxygen atoms in total. The molecule has 1 heterocycles. The van der Waals surface area contributed by atoms with Gasteiger partial charge in [0.25, 0.3) is 5.91 Å². The number of aryl methyl sites for hydroxylation is 1. The van der Waals surface area contributed by atoms with Gasteiger partial charge in [-0.25, -0.2) is 0 Å². The van der Waals surface area contributed by atoms with Gasteiger partial charge in [-0.1, -0.05) is 30.3 Å². The molecule has 2 aromatic rings. The summed E-state index contributed by atoms with van der Waals surface area (Å²) in [5.41, 5.74) is 0.843. The van der Waals surface area contributed by atoms with Crippen LogP contribution in [-0.4, -0.2) is 19.1 Å². The van der Waals surface area contributed by atoms with Crippen molar-refractivity contribution in [1.29, 1.82) is 0 Å². The van der Waals surface area contributed by atoms with Crippen molar-refractivity contribution in [3.05, 3.63) is 64.2 Å². The summed E-state index contributed by atoms with van der Waals surface area (Å²) in [4.78, 5) is 23.6. The molecule has 5 heteroatoms. The van der Waals surface area contributed by atoms with Gasteiger partial charge in [0.15, 0.2) is 5.76 Å². The minimum Gasteiger partial charge on any atom is -0.490 e. The van der Waals surface area contributed by atoms with Crippen LogP contribution in [0.4, 0.5) is 0 Å². The van der Waals surface area contributed by atoms with Crippen molar-refractivity contribution in [3.63, 3.8) is 0 Å². The van der Waals surface area contributed by atoms with E-state index in [2.05, 4.69) is 17.4 Å². The number of methoxy groups -OCH3 is 1. The van der Waals surface area contributed by atoms with E-state index in [9.17, 15) is 9.59 Å². The highest BCUT2D eigenvalue weighted by Gasteiger charge is 2.14. The molecule has 2 rings (SSSR count). The molecule has 0 saturated heterocycles. The maximum atomic E-state index is 12.0. The first-order valence-electron chi connectivity index (χ1n) is 7.11. The molecular formula is C17H19NO4. The van der Waals surface area contributed by atoms with Crippen LogP contribution in [0.5, 0.6) is 5.75 Å². The van der Waals surface area contributed by atoms with E-state index in [1.807, 2.05) is 25.1 Å².